The van der Waals surface area contributed by atoms with E-state index < -0.39 is 17.0 Å². The largest absolute Gasteiger partial charge is 0.207 e. The Hall–Kier alpha value is -1.43. The maximum absolute atomic E-state index is 13.7. The number of rotatable bonds is 3. The van der Waals surface area contributed by atoms with Crippen LogP contribution in [0.2, 0.25) is 0 Å². The van der Waals surface area contributed by atoms with Gasteiger partial charge in [-0.05, 0) is 37.3 Å². The Morgan fingerprint density at radius 1 is 1.37 bits per heavy atom. The summed E-state index contributed by atoms with van der Waals surface area (Å²) in [4.78, 5) is 0. The molecule has 2 rings (SSSR count). The quantitative estimate of drug-likeness (QED) is 0.780. The maximum atomic E-state index is 13.7. The van der Waals surface area contributed by atoms with Crippen LogP contribution >= 0.6 is 0 Å². The zero-order valence-electron chi connectivity index (χ0n) is 11.3. The van der Waals surface area contributed by atoms with Gasteiger partial charge in [0.15, 0.2) is 0 Å². The van der Waals surface area contributed by atoms with Crippen LogP contribution in [0.3, 0.4) is 0 Å². The lowest BCUT2D eigenvalue weighted by Crippen LogP contribution is -2.30. The van der Waals surface area contributed by atoms with Gasteiger partial charge < -0.3 is 0 Å². The molecule has 0 aromatic heterocycles. The van der Waals surface area contributed by atoms with E-state index in [0.29, 0.717) is 5.92 Å². The summed E-state index contributed by atoms with van der Waals surface area (Å²) in [5.41, 5.74) is -0.525. The van der Waals surface area contributed by atoms with Crippen molar-refractivity contribution in [3.05, 3.63) is 35.4 Å². The standard InChI is InChI=1S/C16H19F2N/c1-2-12-5-4-8-16(9-12,11-19)10-13-14(17)6-3-7-15(13)18/h3,6-7,12H,2,4-5,8-10H2,1H3. The van der Waals surface area contributed by atoms with Crippen LogP contribution in [0.4, 0.5) is 8.78 Å². The smallest absolute Gasteiger partial charge is 0.129 e. The van der Waals surface area contributed by atoms with Gasteiger partial charge in [0.05, 0.1) is 11.5 Å². The summed E-state index contributed by atoms with van der Waals surface area (Å²) in [6, 6.07) is 6.25. The first kappa shape index (κ1) is 14.0. The summed E-state index contributed by atoms with van der Waals surface area (Å²) < 4.78 is 27.5. The van der Waals surface area contributed by atoms with Gasteiger partial charge >= 0.3 is 0 Å². The molecule has 0 aliphatic heterocycles. The topological polar surface area (TPSA) is 23.8 Å². The number of halogens is 2. The Balaban J connectivity index is 2.26. The van der Waals surface area contributed by atoms with Crippen LogP contribution in [0.25, 0.3) is 0 Å². The van der Waals surface area contributed by atoms with E-state index >= 15 is 0 Å². The van der Waals surface area contributed by atoms with Crippen LogP contribution in [0, 0.1) is 34.3 Å². The summed E-state index contributed by atoms with van der Waals surface area (Å²) in [6.07, 6.45) is 4.82. The van der Waals surface area contributed by atoms with Crippen LogP contribution in [-0.4, -0.2) is 0 Å². The fraction of sp³-hybridized carbons (Fsp3) is 0.562. The second kappa shape index (κ2) is 5.69. The highest BCUT2D eigenvalue weighted by Crippen LogP contribution is 2.43. The Bertz CT molecular complexity index is 472. The Morgan fingerprint density at radius 2 is 2.05 bits per heavy atom. The van der Waals surface area contributed by atoms with E-state index in [4.69, 9.17) is 0 Å². The molecule has 19 heavy (non-hydrogen) atoms. The number of nitriles is 1. The first-order chi connectivity index (χ1) is 9.10. The molecule has 0 saturated heterocycles. The fourth-order valence-corrected chi connectivity index (χ4v) is 3.18. The van der Waals surface area contributed by atoms with Gasteiger partial charge in [0, 0.05) is 5.56 Å². The number of benzene rings is 1. The number of hydrogen-bond donors (Lipinski definition) is 0. The zero-order chi connectivity index (χ0) is 13.9. The van der Waals surface area contributed by atoms with Crippen molar-refractivity contribution in [2.75, 3.05) is 0 Å². The minimum absolute atomic E-state index is 0.0702. The van der Waals surface area contributed by atoms with Crippen molar-refractivity contribution in [1.29, 1.82) is 5.26 Å². The minimum atomic E-state index is -0.595. The highest BCUT2D eigenvalue weighted by Gasteiger charge is 2.37. The monoisotopic (exact) mass is 263 g/mol. The van der Waals surface area contributed by atoms with E-state index in [2.05, 4.69) is 13.0 Å². The highest BCUT2D eigenvalue weighted by molar-refractivity contribution is 5.23. The first-order valence-corrected chi connectivity index (χ1v) is 6.94. The van der Waals surface area contributed by atoms with Crippen molar-refractivity contribution in [2.45, 2.75) is 45.4 Å². The van der Waals surface area contributed by atoms with Gasteiger partial charge in [0.1, 0.15) is 11.6 Å². The second-order valence-electron chi connectivity index (χ2n) is 5.64. The number of hydrogen-bond acceptors (Lipinski definition) is 1. The molecule has 0 spiro atoms. The fourth-order valence-electron chi connectivity index (χ4n) is 3.18. The molecular weight excluding hydrogens is 244 g/mol. The normalized spacial score (nSPS) is 26.9. The molecule has 3 heteroatoms. The van der Waals surface area contributed by atoms with Gasteiger partial charge in [-0.3, -0.25) is 0 Å². The molecule has 1 nitrogen and oxygen atoms in total. The van der Waals surface area contributed by atoms with Gasteiger partial charge in [-0.15, -0.1) is 0 Å². The lowest BCUT2D eigenvalue weighted by molar-refractivity contribution is 0.191. The van der Waals surface area contributed by atoms with Crippen molar-refractivity contribution in [3.8, 4) is 6.07 Å². The van der Waals surface area contributed by atoms with E-state index in [-0.39, 0.29) is 12.0 Å². The van der Waals surface area contributed by atoms with E-state index in [9.17, 15) is 14.0 Å². The van der Waals surface area contributed by atoms with E-state index in [1.54, 1.807) is 0 Å². The molecule has 0 bridgehead atoms. The SMILES string of the molecule is CCC1CCCC(C#N)(Cc2c(F)cccc2F)C1. The third-order valence-corrected chi connectivity index (χ3v) is 4.34. The van der Waals surface area contributed by atoms with Crippen molar-refractivity contribution in [2.24, 2.45) is 11.3 Å². The summed E-state index contributed by atoms with van der Waals surface area (Å²) >= 11 is 0. The van der Waals surface area contributed by atoms with E-state index in [1.165, 1.54) is 18.2 Å². The van der Waals surface area contributed by atoms with Crippen LogP contribution < -0.4 is 0 Å². The van der Waals surface area contributed by atoms with E-state index in [1.807, 2.05) is 0 Å². The molecule has 1 fully saturated rings. The molecule has 1 aromatic rings. The number of nitrogens with zero attached hydrogens (tertiary/aromatic N) is 1. The molecule has 1 aliphatic carbocycles. The molecular formula is C16H19F2N. The first-order valence-electron chi connectivity index (χ1n) is 6.94. The Morgan fingerprint density at radius 3 is 2.63 bits per heavy atom. The maximum Gasteiger partial charge on any atom is 0.129 e. The average Bonchev–Trinajstić information content (AvgIpc) is 2.43. The molecule has 0 N–H and O–H groups in total. The Labute approximate surface area is 113 Å². The molecule has 1 aliphatic rings. The minimum Gasteiger partial charge on any atom is -0.207 e. The summed E-state index contributed by atoms with van der Waals surface area (Å²) in [5, 5.41) is 9.50. The molecule has 0 heterocycles. The molecule has 0 amide bonds. The lowest BCUT2D eigenvalue weighted by Gasteiger charge is -2.35. The third-order valence-electron chi connectivity index (χ3n) is 4.34. The predicted octanol–water partition coefficient (Wildman–Crippen LogP) is 4.62. The molecule has 0 radical (unpaired) electrons. The third kappa shape index (κ3) is 2.94. The van der Waals surface area contributed by atoms with Crippen molar-refractivity contribution >= 4 is 0 Å². The molecule has 2 unspecified atom stereocenters. The van der Waals surface area contributed by atoms with Crippen LogP contribution in [0.5, 0.6) is 0 Å². The van der Waals surface area contributed by atoms with Gasteiger partial charge in [0.25, 0.3) is 0 Å². The van der Waals surface area contributed by atoms with Gasteiger partial charge in [0.2, 0.25) is 0 Å². The summed E-state index contributed by atoms with van der Waals surface area (Å²) in [5.74, 6) is -0.565. The van der Waals surface area contributed by atoms with Crippen LogP contribution in [-0.2, 0) is 6.42 Å². The van der Waals surface area contributed by atoms with Gasteiger partial charge in [-0.2, -0.15) is 5.26 Å². The van der Waals surface area contributed by atoms with Crippen molar-refractivity contribution < 1.29 is 8.78 Å². The molecule has 2 atom stereocenters. The second-order valence-corrected chi connectivity index (χ2v) is 5.64. The van der Waals surface area contributed by atoms with E-state index in [0.717, 1.165) is 32.1 Å². The summed E-state index contributed by atoms with van der Waals surface area (Å²) in [7, 11) is 0. The average molecular weight is 263 g/mol. The predicted molar refractivity (Wildman–Crippen MR) is 70.4 cm³/mol. The van der Waals surface area contributed by atoms with Crippen LogP contribution in [0.15, 0.2) is 18.2 Å². The molecule has 1 aromatic carbocycles. The van der Waals surface area contributed by atoms with Gasteiger partial charge in [-0.1, -0.05) is 32.3 Å². The molecule has 102 valence electrons. The van der Waals surface area contributed by atoms with Gasteiger partial charge in [-0.25, -0.2) is 8.78 Å². The van der Waals surface area contributed by atoms with Crippen LogP contribution in [0.1, 0.15) is 44.6 Å². The highest BCUT2D eigenvalue weighted by atomic mass is 19.1. The van der Waals surface area contributed by atoms with Crippen molar-refractivity contribution in [1.82, 2.24) is 0 Å². The Kier molecular flexibility index (Phi) is 4.19. The van der Waals surface area contributed by atoms with Crippen molar-refractivity contribution in [3.63, 3.8) is 0 Å². The lowest BCUT2D eigenvalue weighted by atomic mass is 9.67. The molecule has 1 saturated carbocycles. The zero-order valence-corrected chi connectivity index (χ0v) is 11.3. The summed E-state index contributed by atoms with van der Waals surface area (Å²) in [6.45, 7) is 2.11.